The van der Waals surface area contributed by atoms with Gasteiger partial charge in [0.15, 0.2) is 0 Å². The van der Waals surface area contributed by atoms with Gasteiger partial charge >= 0.3 is 6.18 Å². The number of primary sulfonamides is 1. The van der Waals surface area contributed by atoms with E-state index < -0.39 is 22.7 Å². The quantitative estimate of drug-likeness (QED) is 0.333. The zero-order valence-corrected chi connectivity index (χ0v) is 21.8. The van der Waals surface area contributed by atoms with E-state index in [-0.39, 0.29) is 28.9 Å². The minimum Gasteiger partial charge on any atom is -0.495 e. The lowest BCUT2D eigenvalue weighted by molar-refractivity contribution is -0.140. The van der Waals surface area contributed by atoms with E-state index in [2.05, 4.69) is 34.7 Å². The molecule has 12 heteroatoms. The molecule has 204 valence electrons. The monoisotopic (exact) mass is 549 g/mol. The molecule has 2 atom stereocenters. The number of rotatable bonds is 7. The number of ether oxygens (including phenoxy) is 1. The summed E-state index contributed by atoms with van der Waals surface area (Å²) < 4.78 is 70.0. The Morgan fingerprint density at radius 1 is 1.21 bits per heavy atom. The number of fused-ring (bicyclic) bond motifs is 1. The number of aromatic nitrogens is 1. The average molecular weight is 550 g/mol. The molecule has 1 aliphatic heterocycles. The molecule has 5 N–H and O–H groups in total. The molecule has 8 nitrogen and oxygen atoms in total. The zero-order chi connectivity index (χ0) is 27.5. The lowest BCUT2D eigenvalue weighted by Crippen LogP contribution is -2.41. The maximum Gasteiger partial charge on any atom is 0.406 e. The predicted octanol–water partition coefficient (Wildman–Crippen LogP) is 3.88. The van der Waals surface area contributed by atoms with Crippen LogP contribution in [0.3, 0.4) is 0 Å². The van der Waals surface area contributed by atoms with Crippen LogP contribution in [0.25, 0.3) is 10.9 Å². The number of halogens is 3. The molecule has 1 fully saturated rings. The van der Waals surface area contributed by atoms with Crippen LogP contribution in [0.1, 0.15) is 25.5 Å². The summed E-state index contributed by atoms with van der Waals surface area (Å²) in [4.78, 5) is -0.106. The molecule has 2 aromatic carbocycles. The molecule has 0 spiro atoms. The van der Waals surface area contributed by atoms with Gasteiger partial charge in [0.1, 0.15) is 12.3 Å². The van der Waals surface area contributed by atoms with E-state index in [1.807, 2.05) is 6.07 Å². The van der Waals surface area contributed by atoms with E-state index >= 15 is 0 Å². The highest BCUT2D eigenvalue weighted by Gasteiger charge is 2.30. The minimum atomic E-state index is -4.42. The third-order valence-corrected chi connectivity index (χ3v) is 7.26. The van der Waals surface area contributed by atoms with Gasteiger partial charge in [0.05, 0.1) is 35.4 Å². The third-order valence-electron chi connectivity index (χ3n) is 6.35. The smallest absolute Gasteiger partial charge is 0.406 e. The summed E-state index contributed by atoms with van der Waals surface area (Å²) in [6.45, 7) is 1.91. The lowest BCUT2D eigenvalue weighted by Gasteiger charge is -2.29. The van der Waals surface area contributed by atoms with Gasteiger partial charge < -0.3 is 25.3 Å². The van der Waals surface area contributed by atoms with E-state index in [0.717, 1.165) is 25.1 Å². The van der Waals surface area contributed by atoms with Crippen molar-refractivity contribution in [3.63, 3.8) is 0 Å². The van der Waals surface area contributed by atoms with E-state index in [9.17, 15) is 21.6 Å². The molecule has 1 aliphatic rings. The average Bonchev–Trinajstić information content (AvgIpc) is 3.18. The Morgan fingerprint density at radius 3 is 2.68 bits per heavy atom. The Kier molecular flexibility index (Phi) is 8.10. The van der Waals surface area contributed by atoms with E-state index in [1.165, 1.54) is 29.9 Å². The van der Waals surface area contributed by atoms with Crippen molar-refractivity contribution in [3.8, 4) is 17.6 Å². The van der Waals surface area contributed by atoms with E-state index in [4.69, 9.17) is 9.88 Å². The molecule has 0 unspecified atom stereocenters. The van der Waals surface area contributed by atoms with Crippen LogP contribution in [0.4, 0.5) is 24.5 Å². The lowest BCUT2D eigenvalue weighted by atomic mass is 10.00. The zero-order valence-electron chi connectivity index (χ0n) is 21.0. The van der Waals surface area contributed by atoms with Crippen LogP contribution in [0, 0.1) is 11.8 Å². The second-order valence-corrected chi connectivity index (χ2v) is 10.8. The first-order valence-corrected chi connectivity index (χ1v) is 13.6. The first-order chi connectivity index (χ1) is 17.9. The normalized spacial score (nSPS) is 18.1. The number of nitrogens with one attached hydrogen (secondary N) is 3. The number of sulfonamides is 1. The van der Waals surface area contributed by atoms with Gasteiger partial charge in [-0.3, -0.25) is 0 Å². The molecule has 2 heterocycles. The molecular weight excluding hydrogens is 519 g/mol. The molecule has 0 aliphatic carbocycles. The minimum absolute atomic E-state index is 0.0801. The number of piperidine rings is 1. The summed E-state index contributed by atoms with van der Waals surface area (Å²) >= 11 is 0. The fourth-order valence-electron chi connectivity index (χ4n) is 4.62. The van der Waals surface area contributed by atoms with Gasteiger partial charge in [-0.25, -0.2) is 13.6 Å². The molecule has 0 radical (unpaired) electrons. The maximum absolute atomic E-state index is 13.5. The highest BCUT2D eigenvalue weighted by atomic mass is 32.2. The van der Waals surface area contributed by atoms with Crippen molar-refractivity contribution in [2.24, 2.45) is 5.14 Å². The highest BCUT2D eigenvalue weighted by molar-refractivity contribution is 7.89. The standard InChI is InChI=1S/C26H30F3N5O3S/c1-17-13-18(10-12-31-17)33-22-6-3-7-24-21(22)14-19(34(24)16-26(27,28)29)5-4-11-32-23-9-8-20(38(30,35)36)15-25(23)37-2/h3,6-9,14-15,17-18,31-33H,10-13,16H2,1-2H3,(H2,30,35,36)/t17-,18-/m0/s1. The van der Waals surface area contributed by atoms with Crippen LogP contribution in [0.5, 0.6) is 5.75 Å². The number of alkyl halides is 3. The Bertz CT molecular complexity index is 1470. The van der Waals surface area contributed by atoms with Gasteiger partial charge in [-0.15, -0.1) is 0 Å². The van der Waals surface area contributed by atoms with Crippen molar-refractivity contribution in [1.82, 2.24) is 9.88 Å². The molecule has 3 aromatic rings. The number of methoxy groups -OCH3 is 1. The Hall–Kier alpha value is -3.40. The number of nitrogens with two attached hydrogens (primary N) is 1. The molecule has 0 saturated carbocycles. The van der Waals surface area contributed by atoms with Crippen molar-refractivity contribution < 1.29 is 26.3 Å². The molecule has 38 heavy (non-hydrogen) atoms. The van der Waals surface area contributed by atoms with Crippen molar-refractivity contribution in [1.29, 1.82) is 0 Å². The molecule has 0 amide bonds. The molecular formula is C26H30F3N5O3S. The van der Waals surface area contributed by atoms with Gasteiger partial charge in [0.2, 0.25) is 10.0 Å². The van der Waals surface area contributed by atoms with Crippen molar-refractivity contribution >= 4 is 32.3 Å². The Labute approximate surface area is 219 Å². The Morgan fingerprint density at radius 2 is 2.00 bits per heavy atom. The summed E-state index contributed by atoms with van der Waals surface area (Å²) in [6, 6.07) is 11.6. The van der Waals surface area contributed by atoms with Crippen LogP contribution in [0.15, 0.2) is 47.4 Å². The molecule has 1 aromatic heterocycles. The number of hydrogen-bond acceptors (Lipinski definition) is 6. The first-order valence-electron chi connectivity index (χ1n) is 12.1. The fourth-order valence-corrected chi connectivity index (χ4v) is 5.14. The summed E-state index contributed by atoms with van der Waals surface area (Å²) in [5.41, 5.74) is 1.94. The van der Waals surface area contributed by atoms with Gasteiger partial charge in [0, 0.05) is 29.2 Å². The summed E-state index contributed by atoms with van der Waals surface area (Å²) in [7, 11) is -2.52. The van der Waals surface area contributed by atoms with Crippen LogP contribution in [-0.2, 0) is 16.6 Å². The van der Waals surface area contributed by atoms with Gasteiger partial charge in [-0.1, -0.05) is 12.0 Å². The second kappa shape index (κ2) is 11.1. The Balaban J connectivity index is 1.60. The number of hydrogen-bond donors (Lipinski definition) is 4. The van der Waals surface area contributed by atoms with Crippen molar-refractivity contribution in [2.75, 3.05) is 30.8 Å². The summed E-state index contributed by atoms with van der Waals surface area (Å²) in [5, 5.41) is 15.8. The number of benzene rings is 2. The highest BCUT2D eigenvalue weighted by Crippen LogP contribution is 2.31. The summed E-state index contributed by atoms with van der Waals surface area (Å²) in [5.74, 6) is 5.97. The number of anilines is 2. The van der Waals surface area contributed by atoms with Crippen LogP contribution < -0.4 is 25.8 Å². The maximum atomic E-state index is 13.5. The SMILES string of the molecule is COc1cc(S(N)(=O)=O)ccc1NCC#Cc1cc2c(N[C@H]3CCN[C@@H](C)C3)cccc2n1CC(F)(F)F. The van der Waals surface area contributed by atoms with E-state index in [0.29, 0.717) is 22.6 Å². The van der Waals surface area contributed by atoms with Crippen LogP contribution >= 0.6 is 0 Å². The van der Waals surface area contributed by atoms with Gasteiger partial charge in [-0.05, 0) is 62.6 Å². The van der Waals surface area contributed by atoms with Gasteiger partial charge in [-0.2, -0.15) is 13.2 Å². The summed E-state index contributed by atoms with van der Waals surface area (Å²) in [6.07, 6.45) is -2.59. The first kappa shape index (κ1) is 27.6. The van der Waals surface area contributed by atoms with Crippen molar-refractivity contribution in [3.05, 3.63) is 48.2 Å². The molecule has 0 bridgehead atoms. The number of nitrogens with zero attached hydrogens (tertiary/aromatic N) is 1. The van der Waals surface area contributed by atoms with Crippen LogP contribution in [-0.4, -0.2) is 51.4 Å². The second-order valence-electron chi connectivity index (χ2n) is 9.25. The molecule has 4 rings (SSSR count). The predicted molar refractivity (Wildman–Crippen MR) is 142 cm³/mol. The fraction of sp³-hybridized carbons (Fsp3) is 0.385. The third kappa shape index (κ3) is 6.72. The van der Waals surface area contributed by atoms with Crippen molar-refractivity contribution in [2.45, 2.75) is 49.5 Å². The topological polar surface area (TPSA) is 110 Å². The largest absolute Gasteiger partial charge is 0.495 e. The van der Waals surface area contributed by atoms with Gasteiger partial charge in [0.25, 0.3) is 0 Å². The van der Waals surface area contributed by atoms with E-state index in [1.54, 1.807) is 18.2 Å². The van der Waals surface area contributed by atoms with Crippen LogP contribution in [0.2, 0.25) is 0 Å². The molecule has 1 saturated heterocycles.